The molecule has 0 fully saturated rings. The van der Waals surface area contributed by atoms with Gasteiger partial charge in [-0.3, -0.25) is 0 Å². The Morgan fingerprint density at radius 3 is 2.81 bits per heavy atom. The maximum atomic E-state index is 8.99. The Morgan fingerprint density at radius 2 is 2.29 bits per heavy atom. The van der Waals surface area contributed by atoms with Crippen molar-refractivity contribution < 1.29 is 0 Å². The van der Waals surface area contributed by atoms with Crippen LogP contribution >= 0.6 is 11.6 Å². The minimum Gasteiger partial charge on any atom is -0.384 e. The molecule has 1 aromatic heterocycles. The molecule has 21 heavy (non-hydrogen) atoms. The van der Waals surface area contributed by atoms with Crippen LogP contribution in [0.1, 0.15) is 41.8 Å². The normalized spacial score (nSPS) is 11.9. The number of hydrogen-bond acceptors (Lipinski definition) is 4. The van der Waals surface area contributed by atoms with Crippen LogP contribution in [0, 0.1) is 23.7 Å². The highest BCUT2D eigenvalue weighted by Gasteiger charge is 2.22. The Morgan fingerprint density at radius 1 is 1.57 bits per heavy atom. The van der Waals surface area contributed by atoms with E-state index in [0.717, 1.165) is 11.1 Å². The third-order valence-electron chi connectivity index (χ3n) is 3.50. The number of aromatic nitrogens is 2. The molecule has 0 saturated carbocycles. The van der Waals surface area contributed by atoms with Crippen LogP contribution in [0.3, 0.4) is 0 Å². The molecule has 6 heteroatoms. The first-order valence-corrected chi connectivity index (χ1v) is 6.95. The van der Waals surface area contributed by atoms with E-state index >= 15 is 0 Å². The monoisotopic (exact) mass is 301 g/mol. The summed E-state index contributed by atoms with van der Waals surface area (Å²) in [5.74, 6) is 0.954. The fourth-order valence-corrected chi connectivity index (χ4v) is 2.52. The van der Waals surface area contributed by atoms with Gasteiger partial charge in [0.05, 0.1) is 22.7 Å². The summed E-state index contributed by atoms with van der Waals surface area (Å²) in [5, 5.41) is 17.8. The second-order valence-electron chi connectivity index (χ2n) is 4.81. The van der Waals surface area contributed by atoms with Crippen LogP contribution in [0.25, 0.3) is 0 Å². The zero-order chi connectivity index (χ0) is 15.6. The highest BCUT2D eigenvalue weighted by atomic mass is 35.5. The molecule has 1 heterocycles. The number of nitrogens with two attached hydrogens (primary N) is 1. The van der Waals surface area contributed by atoms with Crippen molar-refractivity contribution >= 4 is 23.1 Å². The zero-order valence-corrected chi connectivity index (χ0v) is 12.6. The molecule has 0 bridgehead atoms. The average molecular weight is 302 g/mol. The molecule has 0 aliphatic rings. The Hall–Kier alpha value is -2.32. The van der Waals surface area contributed by atoms with E-state index in [2.05, 4.69) is 9.97 Å². The molecule has 0 spiro atoms. The summed E-state index contributed by atoms with van der Waals surface area (Å²) < 4.78 is 0. The van der Waals surface area contributed by atoms with Crippen LogP contribution in [0.4, 0.5) is 5.82 Å². The number of rotatable bonds is 4. The minimum absolute atomic E-state index is 0.190. The minimum atomic E-state index is -0.190. The molecule has 1 unspecified atom stereocenters. The molecule has 0 aliphatic carbocycles. The van der Waals surface area contributed by atoms with Crippen LogP contribution in [0.2, 0.25) is 5.02 Å². The lowest BCUT2D eigenvalue weighted by molar-refractivity contribution is 0.784. The van der Waals surface area contributed by atoms with Gasteiger partial charge >= 0.3 is 0 Å². The van der Waals surface area contributed by atoms with Crippen LogP contribution in [0.5, 0.6) is 0 Å². The molecule has 0 radical (unpaired) electrons. The largest absolute Gasteiger partial charge is 0.384 e. The van der Waals surface area contributed by atoms with Crippen molar-refractivity contribution in [2.45, 2.75) is 26.2 Å². The summed E-state index contributed by atoms with van der Waals surface area (Å²) in [4.78, 5) is 7.19. The molecule has 1 aromatic carbocycles. The summed E-state index contributed by atoms with van der Waals surface area (Å²) in [6.07, 6.45) is 2.26. The van der Waals surface area contributed by atoms with Gasteiger partial charge in [0.2, 0.25) is 0 Å². The van der Waals surface area contributed by atoms with Gasteiger partial charge in [-0.15, -0.1) is 0 Å². The number of nitrogens with one attached hydrogen (secondary N) is 2. The first kappa shape index (κ1) is 15.1. The van der Waals surface area contributed by atoms with Crippen molar-refractivity contribution in [3.05, 3.63) is 45.9 Å². The quantitative estimate of drug-likeness (QED) is 0.754. The van der Waals surface area contributed by atoms with Crippen LogP contribution in [-0.2, 0) is 0 Å². The summed E-state index contributed by atoms with van der Waals surface area (Å²) in [6.45, 7) is 3.80. The number of anilines is 1. The van der Waals surface area contributed by atoms with E-state index in [0.29, 0.717) is 34.4 Å². The summed E-state index contributed by atoms with van der Waals surface area (Å²) in [6, 6.07) is 5.45. The van der Waals surface area contributed by atoms with E-state index in [9.17, 15) is 0 Å². The van der Waals surface area contributed by atoms with Crippen LogP contribution in [0.15, 0.2) is 18.3 Å². The van der Waals surface area contributed by atoms with Crippen LogP contribution in [-0.4, -0.2) is 15.7 Å². The number of halogens is 1. The van der Waals surface area contributed by atoms with Crippen molar-refractivity contribution in [2.24, 2.45) is 0 Å². The van der Waals surface area contributed by atoms with E-state index in [1.54, 1.807) is 18.3 Å². The summed E-state index contributed by atoms with van der Waals surface area (Å²) in [7, 11) is 0. The van der Waals surface area contributed by atoms with Gasteiger partial charge in [-0.2, -0.15) is 5.26 Å². The third-order valence-corrected chi connectivity index (χ3v) is 3.99. The maximum Gasteiger partial charge on any atom is 0.120 e. The zero-order valence-electron chi connectivity index (χ0n) is 11.9. The predicted molar refractivity (Wildman–Crippen MR) is 83.8 cm³/mol. The van der Waals surface area contributed by atoms with Gasteiger partial charge in [0.25, 0.3) is 0 Å². The Balaban J connectivity index is 2.44. The Kier molecular flexibility index (Phi) is 4.29. The number of H-pyrrole nitrogens is 1. The van der Waals surface area contributed by atoms with Gasteiger partial charge in [0.1, 0.15) is 17.7 Å². The molecular weight excluding hydrogens is 286 g/mol. The van der Waals surface area contributed by atoms with E-state index in [4.69, 9.17) is 28.0 Å². The van der Waals surface area contributed by atoms with Gasteiger partial charge in [-0.1, -0.05) is 24.6 Å². The number of nitrogen functional groups attached to an aromatic ring is 1. The Labute approximate surface area is 128 Å². The van der Waals surface area contributed by atoms with E-state index in [1.165, 1.54) is 0 Å². The molecule has 0 aliphatic heterocycles. The smallest absolute Gasteiger partial charge is 0.120 e. The molecular formula is C15H16ClN5. The summed E-state index contributed by atoms with van der Waals surface area (Å²) >= 11 is 6.18. The average Bonchev–Trinajstić information content (AvgIpc) is 2.89. The SMILES string of the molecule is CCC(C(=N)c1ccc(C#N)c(Cl)c1C)c1ncc(N)[nH]1. The number of aromatic amines is 1. The number of imidazole rings is 1. The number of nitrogens with zero attached hydrogens (tertiary/aromatic N) is 2. The third kappa shape index (κ3) is 2.76. The van der Waals surface area contributed by atoms with Crippen LogP contribution < -0.4 is 5.73 Å². The van der Waals surface area contributed by atoms with E-state index in [1.807, 2.05) is 19.9 Å². The molecule has 5 nitrogen and oxygen atoms in total. The van der Waals surface area contributed by atoms with E-state index in [-0.39, 0.29) is 5.92 Å². The van der Waals surface area contributed by atoms with Gasteiger partial charge in [-0.05, 0) is 25.0 Å². The Bertz CT molecular complexity index is 726. The molecule has 108 valence electrons. The van der Waals surface area contributed by atoms with Crippen molar-refractivity contribution in [2.75, 3.05) is 5.73 Å². The van der Waals surface area contributed by atoms with Gasteiger partial charge in [-0.25, -0.2) is 4.98 Å². The lowest BCUT2D eigenvalue weighted by Gasteiger charge is -2.17. The molecule has 4 N–H and O–H groups in total. The van der Waals surface area contributed by atoms with Crippen molar-refractivity contribution in [1.29, 1.82) is 10.7 Å². The second kappa shape index (κ2) is 5.98. The molecule has 2 aromatic rings. The van der Waals surface area contributed by atoms with Crippen molar-refractivity contribution in [3.8, 4) is 6.07 Å². The summed E-state index contributed by atoms with van der Waals surface area (Å²) in [5.41, 5.74) is 7.94. The standard InChI is InChI=1S/C15H16ClN5/c1-3-10(15-20-7-12(18)21-15)14(19)11-5-4-9(6-17)13(16)8(11)2/h4-5,7,10,19H,3,18H2,1-2H3,(H,20,21). The first-order valence-electron chi connectivity index (χ1n) is 6.58. The molecule has 2 rings (SSSR count). The van der Waals surface area contributed by atoms with Gasteiger partial charge in [0.15, 0.2) is 0 Å². The number of hydrogen-bond donors (Lipinski definition) is 3. The fourth-order valence-electron chi connectivity index (χ4n) is 2.31. The van der Waals surface area contributed by atoms with Gasteiger partial charge in [0, 0.05) is 11.3 Å². The fraction of sp³-hybridized carbons (Fsp3) is 0.267. The predicted octanol–water partition coefficient (Wildman–Crippen LogP) is 3.39. The van der Waals surface area contributed by atoms with Crippen molar-refractivity contribution in [1.82, 2.24) is 9.97 Å². The van der Waals surface area contributed by atoms with Crippen molar-refractivity contribution in [3.63, 3.8) is 0 Å². The lowest BCUT2D eigenvalue weighted by Crippen LogP contribution is -2.15. The van der Waals surface area contributed by atoms with E-state index < -0.39 is 0 Å². The topological polar surface area (TPSA) is 102 Å². The molecule has 1 atom stereocenters. The second-order valence-corrected chi connectivity index (χ2v) is 5.19. The lowest BCUT2D eigenvalue weighted by atomic mass is 9.90. The maximum absolute atomic E-state index is 8.99. The number of nitriles is 1. The number of benzene rings is 1. The first-order chi connectivity index (χ1) is 9.99. The molecule has 0 saturated heterocycles. The highest BCUT2D eigenvalue weighted by Crippen LogP contribution is 2.29. The highest BCUT2D eigenvalue weighted by molar-refractivity contribution is 6.33. The molecule has 0 amide bonds. The van der Waals surface area contributed by atoms with Gasteiger partial charge < -0.3 is 16.1 Å².